The van der Waals surface area contributed by atoms with Crippen molar-refractivity contribution >= 4 is 55.0 Å². The molecule has 0 heterocycles. The number of benzene rings is 3. The van der Waals surface area contributed by atoms with E-state index in [4.69, 9.17) is 52.3 Å². The molecule has 0 aliphatic heterocycles. The van der Waals surface area contributed by atoms with Crippen LogP contribution in [0.15, 0.2) is 88.7 Å². The summed E-state index contributed by atoms with van der Waals surface area (Å²) in [7, 11) is -8.16. The molecule has 0 bridgehead atoms. The lowest BCUT2D eigenvalue weighted by atomic mass is 10.4. The van der Waals surface area contributed by atoms with Gasteiger partial charge in [0, 0.05) is 15.1 Å². The molecule has 0 aliphatic carbocycles. The molecule has 0 aliphatic rings. The van der Waals surface area contributed by atoms with E-state index in [0.717, 1.165) is 5.02 Å². The van der Waals surface area contributed by atoms with E-state index in [0.29, 0.717) is 10.0 Å². The van der Waals surface area contributed by atoms with Gasteiger partial charge in [-0.25, -0.2) is 8.42 Å². The van der Waals surface area contributed by atoms with E-state index in [1.165, 1.54) is 24.3 Å². The van der Waals surface area contributed by atoms with E-state index in [-0.39, 0.29) is 24.6 Å². The average molecular weight is 530 g/mol. The highest BCUT2D eigenvalue weighted by Crippen LogP contribution is 2.23. The van der Waals surface area contributed by atoms with Gasteiger partial charge in [-0.05, 0) is 60.7 Å². The first kappa shape index (κ1) is 31.5. The second-order valence-electron chi connectivity index (χ2n) is 5.15. The van der Waals surface area contributed by atoms with Crippen LogP contribution in [0, 0.1) is 0 Å². The number of rotatable bonds is 2. The molecule has 0 amide bonds. The lowest BCUT2D eigenvalue weighted by molar-refractivity contribution is 0.381. The third-order valence-electron chi connectivity index (χ3n) is 2.98. The third kappa shape index (κ3) is 13.4. The summed E-state index contributed by atoms with van der Waals surface area (Å²) < 4.78 is 55.9. The van der Waals surface area contributed by atoms with Crippen LogP contribution in [-0.2, 0) is 20.2 Å². The van der Waals surface area contributed by atoms with Gasteiger partial charge in [0.25, 0.3) is 0 Å². The molecule has 0 fully saturated rings. The SMILES string of the molecule is C.C.Clc1ccccc1.O=S(=O)(O)O.O=S(=O)(c1ccc(Cl)cc1)c1ccc(Cl)cc1. The van der Waals surface area contributed by atoms with Gasteiger partial charge >= 0.3 is 10.4 Å². The van der Waals surface area contributed by atoms with Crippen LogP contribution in [0.25, 0.3) is 0 Å². The third-order valence-corrected chi connectivity index (χ3v) is 5.52. The fourth-order valence-corrected chi connectivity index (χ4v) is 3.44. The van der Waals surface area contributed by atoms with Crippen molar-refractivity contribution in [3.63, 3.8) is 0 Å². The van der Waals surface area contributed by atoms with Gasteiger partial charge in [-0.1, -0.05) is 67.9 Å². The van der Waals surface area contributed by atoms with Crippen molar-refractivity contribution in [2.24, 2.45) is 0 Å². The number of hydrogen-bond donors (Lipinski definition) is 2. The van der Waals surface area contributed by atoms with Crippen LogP contribution in [0.1, 0.15) is 14.9 Å². The summed E-state index contributed by atoms with van der Waals surface area (Å²) in [5.74, 6) is 0. The monoisotopic (exact) mass is 528 g/mol. The second-order valence-corrected chi connectivity index (χ2v) is 9.31. The van der Waals surface area contributed by atoms with E-state index in [1.54, 1.807) is 24.3 Å². The van der Waals surface area contributed by atoms with Crippen LogP contribution < -0.4 is 0 Å². The molecule has 0 saturated heterocycles. The Morgan fingerprint density at radius 3 is 1.00 bits per heavy atom. The van der Waals surface area contributed by atoms with Crippen LogP contribution in [-0.4, -0.2) is 25.9 Å². The Morgan fingerprint density at radius 2 is 0.774 bits per heavy atom. The van der Waals surface area contributed by atoms with Crippen molar-refractivity contribution in [1.82, 2.24) is 0 Å². The number of sulfone groups is 1. The molecule has 3 rings (SSSR count). The van der Waals surface area contributed by atoms with Crippen molar-refractivity contribution in [3.05, 3.63) is 93.9 Å². The summed E-state index contributed by atoms with van der Waals surface area (Å²) >= 11 is 17.0. The maximum absolute atomic E-state index is 12.2. The molecule has 0 unspecified atom stereocenters. The van der Waals surface area contributed by atoms with Gasteiger partial charge in [0.05, 0.1) is 9.79 Å². The Balaban J connectivity index is 0. The largest absolute Gasteiger partial charge is 0.394 e. The lowest BCUT2D eigenvalue weighted by Crippen LogP contribution is -2.01. The van der Waals surface area contributed by atoms with Gasteiger partial charge in [0.15, 0.2) is 0 Å². The molecular weight excluding hydrogens is 507 g/mol. The zero-order chi connectivity index (χ0) is 22.1. The van der Waals surface area contributed by atoms with Gasteiger partial charge in [-0.2, -0.15) is 8.42 Å². The quantitative estimate of drug-likeness (QED) is 0.354. The van der Waals surface area contributed by atoms with Crippen LogP contribution in [0.5, 0.6) is 0 Å². The predicted octanol–water partition coefficient (Wildman–Crippen LogP) is 6.79. The minimum Gasteiger partial charge on any atom is -0.264 e. The Labute approximate surface area is 198 Å². The molecule has 31 heavy (non-hydrogen) atoms. The van der Waals surface area contributed by atoms with Gasteiger partial charge in [0.1, 0.15) is 0 Å². The molecule has 3 aromatic carbocycles. The summed E-state index contributed by atoms with van der Waals surface area (Å²) in [5.41, 5.74) is 0. The number of hydrogen-bond acceptors (Lipinski definition) is 4. The Morgan fingerprint density at radius 1 is 0.516 bits per heavy atom. The first-order valence-electron chi connectivity index (χ1n) is 7.56. The van der Waals surface area contributed by atoms with Crippen molar-refractivity contribution in [2.45, 2.75) is 24.6 Å². The van der Waals surface area contributed by atoms with Gasteiger partial charge in [0.2, 0.25) is 9.84 Å². The summed E-state index contributed by atoms with van der Waals surface area (Å²) in [5, 5.41) is 1.79. The Hall–Kier alpha value is -1.65. The molecule has 0 spiro atoms. The standard InChI is InChI=1S/C12H8Cl2O2S.C6H5Cl.2CH4.H2O4S/c13-9-1-5-11(6-2-9)17(15,16)12-7-3-10(14)4-8-12;7-6-4-2-1-3-5-6;;;1-5(2,3)4/h1-8H;1-5H;2*1H4;(H2,1,2,3,4). The highest BCUT2D eigenvalue weighted by Gasteiger charge is 2.16. The molecule has 0 saturated carbocycles. The van der Waals surface area contributed by atoms with E-state index < -0.39 is 20.2 Å². The van der Waals surface area contributed by atoms with Crippen molar-refractivity contribution in [3.8, 4) is 0 Å². The first-order valence-corrected chi connectivity index (χ1v) is 11.6. The predicted molar refractivity (Wildman–Crippen MR) is 127 cm³/mol. The molecule has 2 N–H and O–H groups in total. The van der Waals surface area contributed by atoms with Crippen LogP contribution in [0.4, 0.5) is 0 Å². The maximum Gasteiger partial charge on any atom is 0.394 e. The molecule has 6 nitrogen and oxygen atoms in total. The molecule has 0 atom stereocenters. The van der Waals surface area contributed by atoms with Crippen molar-refractivity contribution in [1.29, 1.82) is 0 Å². The van der Waals surface area contributed by atoms with E-state index in [1.807, 2.05) is 30.3 Å². The maximum atomic E-state index is 12.2. The molecule has 0 radical (unpaired) electrons. The normalized spacial score (nSPS) is 10.1. The van der Waals surface area contributed by atoms with Crippen molar-refractivity contribution < 1.29 is 25.9 Å². The van der Waals surface area contributed by atoms with Gasteiger partial charge in [-0.15, -0.1) is 0 Å². The summed E-state index contributed by atoms with van der Waals surface area (Å²) in [6, 6.07) is 21.5. The average Bonchev–Trinajstić information content (AvgIpc) is 2.62. The molecule has 11 heteroatoms. The molecule has 0 aromatic heterocycles. The zero-order valence-electron chi connectivity index (χ0n) is 14.5. The Bertz CT molecular complexity index is 1040. The summed E-state index contributed by atoms with van der Waals surface area (Å²) in [6.07, 6.45) is 0. The minimum atomic E-state index is -4.67. The molecule has 3 aromatic rings. The van der Waals surface area contributed by atoms with Crippen molar-refractivity contribution in [2.75, 3.05) is 0 Å². The smallest absolute Gasteiger partial charge is 0.264 e. The molecule has 172 valence electrons. The van der Waals surface area contributed by atoms with Crippen LogP contribution in [0.3, 0.4) is 0 Å². The van der Waals surface area contributed by atoms with Gasteiger partial charge < -0.3 is 0 Å². The number of halogens is 3. The first-order chi connectivity index (χ1) is 13.4. The van der Waals surface area contributed by atoms with Gasteiger partial charge in [-0.3, -0.25) is 9.11 Å². The second kappa shape index (κ2) is 14.4. The van der Waals surface area contributed by atoms with E-state index >= 15 is 0 Å². The molecular formula is C20H23Cl3O6S2. The topological polar surface area (TPSA) is 109 Å². The van der Waals surface area contributed by atoms with E-state index in [9.17, 15) is 8.42 Å². The summed E-state index contributed by atoms with van der Waals surface area (Å²) in [4.78, 5) is 0.424. The fourth-order valence-electron chi connectivity index (χ4n) is 1.78. The highest BCUT2D eigenvalue weighted by molar-refractivity contribution is 7.91. The minimum absolute atomic E-state index is 0. The zero-order valence-corrected chi connectivity index (χ0v) is 18.4. The Kier molecular flexibility index (Phi) is 14.7. The lowest BCUT2D eigenvalue weighted by Gasteiger charge is -2.04. The fraction of sp³-hybridized carbons (Fsp3) is 0.100. The van der Waals surface area contributed by atoms with Crippen LogP contribution in [0.2, 0.25) is 15.1 Å². The summed E-state index contributed by atoms with van der Waals surface area (Å²) in [6.45, 7) is 0. The van der Waals surface area contributed by atoms with E-state index in [2.05, 4.69) is 0 Å². The highest BCUT2D eigenvalue weighted by atomic mass is 35.5. The van der Waals surface area contributed by atoms with Crippen LogP contribution >= 0.6 is 34.8 Å².